The summed E-state index contributed by atoms with van der Waals surface area (Å²) >= 11 is 1.51. The lowest BCUT2D eigenvalue weighted by molar-refractivity contribution is 0.0987. The number of carbonyl (C=O) groups is 1. The van der Waals surface area contributed by atoms with Gasteiger partial charge in [-0.25, -0.2) is 0 Å². The lowest BCUT2D eigenvalue weighted by atomic mass is 10.2. The summed E-state index contributed by atoms with van der Waals surface area (Å²) in [7, 11) is 1.66. The predicted molar refractivity (Wildman–Crippen MR) is 94.6 cm³/mol. The first kappa shape index (κ1) is 16.4. The maximum atomic E-state index is 12.6. The maximum absolute atomic E-state index is 12.6. The standard InChI is InChI=1S/C17H20N4O2S/c1-5-20-14-13(23-4)8-7-11(3)15(14)24-17(20)19-16(22)12-9-10-18-21(12)6-2/h7-10H,5-6H2,1-4H3. The molecular weight excluding hydrogens is 324 g/mol. The third-order valence-electron chi connectivity index (χ3n) is 3.95. The molecule has 2 heterocycles. The molecule has 0 saturated heterocycles. The zero-order chi connectivity index (χ0) is 17.3. The van der Waals surface area contributed by atoms with Crippen molar-refractivity contribution in [3.63, 3.8) is 0 Å². The van der Waals surface area contributed by atoms with Crippen molar-refractivity contribution in [1.82, 2.24) is 14.3 Å². The third-order valence-corrected chi connectivity index (χ3v) is 5.17. The van der Waals surface area contributed by atoms with Gasteiger partial charge in [-0.05, 0) is 38.5 Å². The zero-order valence-corrected chi connectivity index (χ0v) is 15.1. The first-order valence-corrected chi connectivity index (χ1v) is 8.70. The molecule has 0 aliphatic carbocycles. The Morgan fingerprint density at radius 2 is 2.08 bits per heavy atom. The Bertz CT molecular complexity index is 965. The first-order chi connectivity index (χ1) is 11.6. The minimum Gasteiger partial charge on any atom is -0.495 e. The first-order valence-electron chi connectivity index (χ1n) is 7.88. The van der Waals surface area contributed by atoms with Crippen LogP contribution in [0.5, 0.6) is 5.75 Å². The van der Waals surface area contributed by atoms with Crippen molar-refractivity contribution >= 4 is 27.5 Å². The average molecular weight is 344 g/mol. The second-order valence-electron chi connectivity index (χ2n) is 5.34. The average Bonchev–Trinajstić information content (AvgIpc) is 3.19. The van der Waals surface area contributed by atoms with E-state index < -0.39 is 0 Å². The van der Waals surface area contributed by atoms with E-state index in [1.165, 1.54) is 11.3 Å². The number of fused-ring (bicyclic) bond motifs is 1. The number of aromatic nitrogens is 3. The SMILES string of the molecule is CCn1nccc1C(=O)N=c1sc2c(C)ccc(OC)c2n1CC. The largest absolute Gasteiger partial charge is 0.495 e. The Labute approximate surface area is 144 Å². The molecule has 0 bridgehead atoms. The summed E-state index contributed by atoms with van der Waals surface area (Å²) in [6.07, 6.45) is 1.62. The monoisotopic (exact) mass is 344 g/mol. The highest BCUT2D eigenvalue weighted by molar-refractivity contribution is 7.16. The van der Waals surface area contributed by atoms with Gasteiger partial charge in [-0.1, -0.05) is 17.4 Å². The van der Waals surface area contributed by atoms with Crippen molar-refractivity contribution in [2.24, 2.45) is 4.99 Å². The quantitative estimate of drug-likeness (QED) is 0.731. The van der Waals surface area contributed by atoms with E-state index in [0.717, 1.165) is 21.5 Å². The number of amides is 1. The number of rotatable bonds is 4. The van der Waals surface area contributed by atoms with E-state index in [1.54, 1.807) is 24.1 Å². The minimum absolute atomic E-state index is 0.278. The van der Waals surface area contributed by atoms with Gasteiger partial charge in [0, 0.05) is 19.3 Å². The lowest BCUT2D eigenvalue weighted by Crippen LogP contribution is -2.17. The number of nitrogens with zero attached hydrogens (tertiary/aromatic N) is 4. The van der Waals surface area contributed by atoms with Gasteiger partial charge < -0.3 is 9.30 Å². The number of hydrogen-bond donors (Lipinski definition) is 0. The molecule has 6 nitrogen and oxygen atoms in total. The van der Waals surface area contributed by atoms with Gasteiger partial charge in [0.2, 0.25) is 0 Å². The van der Waals surface area contributed by atoms with Crippen molar-refractivity contribution in [2.75, 3.05) is 7.11 Å². The van der Waals surface area contributed by atoms with Crippen LogP contribution in [0.2, 0.25) is 0 Å². The van der Waals surface area contributed by atoms with Crippen LogP contribution in [0.4, 0.5) is 0 Å². The molecule has 3 aromatic rings. The number of carbonyl (C=O) groups excluding carboxylic acids is 1. The second kappa shape index (κ2) is 6.60. The maximum Gasteiger partial charge on any atom is 0.297 e. The summed E-state index contributed by atoms with van der Waals surface area (Å²) < 4.78 is 10.3. The van der Waals surface area contributed by atoms with Gasteiger partial charge in [0.25, 0.3) is 5.91 Å². The molecule has 7 heteroatoms. The van der Waals surface area contributed by atoms with Crippen LogP contribution in [0, 0.1) is 6.92 Å². The molecule has 0 N–H and O–H groups in total. The fourth-order valence-electron chi connectivity index (χ4n) is 2.73. The molecule has 24 heavy (non-hydrogen) atoms. The number of ether oxygens (including phenoxy) is 1. The Hall–Kier alpha value is -2.41. The van der Waals surface area contributed by atoms with Crippen molar-refractivity contribution in [2.45, 2.75) is 33.9 Å². The number of benzene rings is 1. The normalized spacial score (nSPS) is 12.1. The summed E-state index contributed by atoms with van der Waals surface area (Å²) in [5, 5.41) is 4.14. The van der Waals surface area contributed by atoms with E-state index in [1.807, 2.05) is 30.5 Å². The van der Waals surface area contributed by atoms with Gasteiger partial charge in [-0.15, -0.1) is 0 Å². The molecule has 0 saturated carbocycles. The molecule has 0 radical (unpaired) electrons. The van der Waals surface area contributed by atoms with Gasteiger partial charge in [0.1, 0.15) is 17.0 Å². The summed E-state index contributed by atoms with van der Waals surface area (Å²) in [6, 6.07) is 5.68. The van der Waals surface area contributed by atoms with Crippen molar-refractivity contribution in [3.05, 3.63) is 40.5 Å². The molecule has 0 aliphatic rings. The van der Waals surface area contributed by atoms with Crippen LogP contribution in [-0.2, 0) is 13.1 Å². The summed E-state index contributed by atoms with van der Waals surface area (Å²) in [5.74, 6) is 0.515. The topological polar surface area (TPSA) is 61.4 Å². The van der Waals surface area contributed by atoms with Crippen LogP contribution in [0.3, 0.4) is 0 Å². The Kier molecular flexibility index (Phi) is 4.53. The summed E-state index contributed by atoms with van der Waals surface area (Å²) in [6.45, 7) is 7.38. The number of aryl methyl sites for hydroxylation is 3. The van der Waals surface area contributed by atoms with Crippen LogP contribution >= 0.6 is 11.3 Å². The third kappa shape index (κ3) is 2.65. The smallest absolute Gasteiger partial charge is 0.297 e. The molecule has 126 valence electrons. The van der Waals surface area contributed by atoms with Crippen LogP contribution in [0.15, 0.2) is 29.4 Å². The molecule has 0 aliphatic heterocycles. The molecule has 2 aromatic heterocycles. The fraction of sp³-hybridized carbons (Fsp3) is 0.353. The molecular formula is C17H20N4O2S. The van der Waals surface area contributed by atoms with Crippen LogP contribution in [-0.4, -0.2) is 27.4 Å². The number of methoxy groups -OCH3 is 1. The Balaban J connectivity index is 2.23. The van der Waals surface area contributed by atoms with E-state index >= 15 is 0 Å². The van der Waals surface area contributed by atoms with E-state index in [-0.39, 0.29) is 5.91 Å². The highest BCUT2D eigenvalue weighted by Gasteiger charge is 2.15. The minimum atomic E-state index is -0.278. The lowest BCUT2D eigenvalue weighted by Gasteiger charge is -2.07. The van der Waals surface area contributed by atoms with Crippen LogP contribution in [0.1, 0.15) is 29.9 Å². The molecule has 1 amide bonds. The van der Waals surface area contributed by atoms with Crippen molar-refractivity contribution in [3.8, 4) is 5.75 Å². The summed E-state index contributed by atoms with van der Waals surface area (Å²) in [5.41, 5.74) is 2.63. The van der Waals surface area contributed by atoms with Gasteiger partial charge in [-0.3, -0.25) is 9.48 Å². The van der Waals surface area contributed by atoms with Crippen molar-refractivity contribution in [1.29, 1.82) is 0 Å². The molecule has 3 rings (SSSR count). The van der Waals surface area contributed by atoms with Gasteiger partial charge in [-0.2, -0.15) is 10.1 Å². The van der Waals surface area contributed by atoms with E-state index in [2.05, 4.69) is 17.0 Å². The number of hydrogen-bond acceptors (Lipinski definition) is 4. The van der Waals surface area contributed by atoms with Gasteiger partial charge >= 0.3 is 0 Å². The van der Waals surface area contributed by atoms with E-state index in [9.17, 15) is 4.79 Å². The fourth-order valence-corrected chi connectivity index (χ4v) is 3.91. The Morgan fingerprint density at radius 1 is 1.29 bits per heavy atom. The Morgan fingerprint density at radius 3 is 2.75 bits per heavy atom. The zero-order valence-electron chi connectivity index (χ0n) is 14.2. The van der Waals surface area contributed by atoms with Crippen LogP contribution < -0.4 is 9.54 Å². The van der Waals surface area contributed by atoms with Crippen molar-refractivity contribution < 1.29 is 9.53 Å². The highest BCUT2D eigenvalue weighted by atomic mass is 32.1. The molecule has 0 spiro atoms. The van der Waals surface area contributed by atoms with E-state index in [4.69, 9.17) is 4.74 Å². The van der Waals surface area contributed by atoms with Gasteiger partial charge in [0.15, 0.2) is 4.80 Å². The molecule has 1 aromatic carbocycles. The highest BCUT2D eigenvalue weighted by Crippen LogP contribution is 2.30. The molecule has 0 atom stereocenters. The van der Waals surface area contributed by atoms with Crippen LogP contribution in [0.25, 0.3) is 10.2 Å². The second-order valence-corrected chi connectivity index (χ2v) is 6.32. The molecule has 0 fully saturated rings. The molecule has 0 unspecified atom stereocenters. The number of thiazole rings is 1. The summed E-state index contributed by atoms with van der Waals surface area (Å²) in [4.78, 5) is 17.6. The van der Waals surface area contributed by atoms with Gasteiger partial charge in [0.05, 0.1) is 11.8 Å². The van der Waals surface area contributed by atoms with E-state index in [0.29, 0.717) is 23.6 Å². The predicted octanol–water partition coefficient (Wildman–Crippen LogP) is 3.00.